The number of halogens is 11. The van der Waals surface area contributed by atoms with Crippen molar-refractivity contribution in [1.82, 2.24) is 58.6 Å². The lowest BCUT2D eigenvalue weighted by atomic mass is 10.0. The number of aryl methyl sites for hydroxylation is 3. The van der Waals surface area contributed by atoms with Crippen molar-refractivity contribution in [3.05, 3.63) is 227 Å². The molecule has 1 N–H and O–H groups in total. The van der Waals surface area contributed by atoms with Gasteiger partial charge < -0.3 is 33.0 Å². The molecule has 0 saturated carbocycles. The average molecular weight is 1560 g/mol. The smallest absolute Gasteiger partial charge is 0.154 e. The molecule has 0 amide bonds. The maximum atomic E-state index is 14.4. The number of aldehydes is 3. The van der Waals surface area contributed by atoms with E-state index >= 15 is 0 Å². The summed E-state index contributed by atoms with van der Waals surface area (Å²) >= 11 is 24.2. The van der Waals surface area contributed by atoms with Gasteiger partial charge in [-0.3, -0.25) is 44.3 Å². The third kappa shape index (κ3) is 19.0. The van der Waals surface area contributed by atoms with Crippen LogP contribution in [0.2, 0.25) is 15.1 Å². The second-order valence-corrected chi connectivity index (χ2v) is 24.2. The van der Waals surface area contributed by atoms with Gasteiger partial charge in [0.15, 0.2) is 30.5 Å². The van der Waals surface area contributed by atoms with E-state index in [1.165, 1.54) is 37.2 Å². The van der Waals surface area contributed by atoms with Gasteiger partial charge in [0.25, 0.3) is 0 Å². The predicted molar refractivity (Wildman–Crippen MR) is 377 cm³/mol. The van der Waals surface area contributed by atoms with Gasteiger partial charge in [0.1, 0.15) is 40.7 Å². The number of hydrogen-bond acceptors (Lipinski definition) is 16. The fourth-order valence-corrected chi connectivity index (χ4v) is 11.7. The molecule has 9 aromatic heterocycles. The minimum atomic E-state index is -0.664. The molecular formula is C70H63Br2Cl3F6N12O7. The Morgan fingerprint density at radius 3 is 1.21 bits per heavy atom. The van der Waals surface area contributed by atoms with Crippen LogP contribution >= 0.6 is 66.7 Å². The van der Waals surface area contributed by atoms with E-state index in [1.807, 2.05) is 65.4 Å². The third-order valence-electron chi connectivity index (χ3n) is 14.9. The number of aromatic nitrogens is 12. The van der Waals surface area contributed by atoms with Gasteiger partial charge in [-0.15, -0.1) is 0 Å². The quantitative estimate of drug-likeness (QED) is 0.0700. The average Bonchev–Trinajstić information content (AvgIpc) is 1.64. The molecule has 3 unspecified atom stereocenters. The standard InChI is InChI=1S/C17H17ClFN3O.C14H11ClFN3O.C14H9ClFN3O.C10H12FNO2.C9H11BrFNO.C6H3BrFNO/c1-4-23-10(2)16-12(8-20-9-13(16)19)17-21-14-6-5-11(18)7-15(14)22(17)3;2*1-19-13-4-8(15)2-3-12(13)18-14(19)9-5-17-6-11(16)10(9)7-20;1-3-14-7(2)10-8(6-13)4-12-5-9(10)11;1-3-13-6(2)9-7(10)4-12-5-8(9)11;7-5-1-9-2-6(8)4(5)3-10/h5-10H,4H2,1-3H3;2-6,20H,7H2,1H3;2-7H,1H3;4-7H,3H2,1-2H3;4-6H,3H2,1-2H3;1-3H. The Kier molecular flexibility index (Phi) is 29.1. The number of imidazole rings is 3. The van der Waals surface area contributed by atoms with E-state index in [0.717, 1.165) is 52.4 Å². The fraction of sp³-hybridized carbons (Fsp3) is 0.229. The van der Waals surface area contributed by atoms with Crippen LogP contribution in [0.3, 0.4) is 0 Å². The molecule has 0 aliphatic heterocycles. The number of rotatable bonds is 16. The number of fused-ring (bicyclic) bond motifs is 3. The Balaban J connectivity index is 0.000000172. The SMILES string of the molecule is CCOC(C)c1c(F)cncc1-c1nc2ccc(Cl)cc2n1C.CCOC(C)c1c(F)cncc1Br.CCOC(C)c1c(F)cncc1C=O.Cn1c(-c2cncc(F)c2C=O)nc2ccc(Cl)cc21.Cn1c(-c2cncc(F)c2CO)nc2ccc(Cl)cc21.O=Cc1c(F)cncc1Br. The molecule has 0 aliphatic carbocycles. The number of aliphatic hydroxyl groups is 1. The summed E-state index contributed by atoms with van der Waals surface area (Å²) in [6, 6.07) is 16.1. The lowest BCUT2D eigenvalue weighted by Crippen LogP contribution is -2.07. The second kappa shape index (κ2) is 37.1. The Morgan fingerprint density at radius 1 is 0.440 bits per heavy atom. The van der Waals surface area contributed by atoms with Crippen molar-refractivity contribution in [2.45, 2.75) is 66.5 Å². The number of nitrogens with zero attached hydrogens (tertiary/aromatic N) is 12. The lowest BCUT2D eigenvalue weighted by Gasteiger charge is -2.16. The highest BCUT2D eigenvalue weighted by atomic mass is 79.9. The number of ether oxygens (including phenoxy) is 3. The summed E-state index contributed by atoms with van der Waals surface area (Å²) in [7, 11) is 5.47. The summed E-state index contributed by atoms with van der Waals surface area (Å²) in [6.45, 7) is 12.0. The zero-order chi connectivity index (χ0) is 73.1. The number of benzene rings is 3. The number of aliphatic hydroxyl groups excluding tert-OH is 1. The first-order chi connectivity index (χ1) is 47.9. The summed E-state index contributed by atoms with van der Waals surface area (Å²) in [5.74, 6) is -1.41. The van der Waals surface area contributed by atoms with Gasteiger partial charge in [-0.25, -0.2) is 41.3 Å². The van der Waals surface area contributed by atoms with Crippen molar-refractivity contribution < 1.29 is 60.0 Å². The molecule has 0 aliphatic rings. The summed E-state index contributed by atoms with van der Waals surface area (Å²) in [4.78, 5) is 67.8. The molecule has 522 valence electrons. The lowest BCUT2D eigenvalue weighted by molar-refractivity contribution is 0.0725. The molecule has 9 heterocycles. The Labute approximate surface area is 601 Å². The van der Waals surface area contributed by atoms with Crippen LogP contribution in [0.25, 0.3) is 67.3 Å². The zero-order valence-electron chi connectivity index (χ0n) is 54.8. The summed E-state index contributed by atoms with van der Waals surface area (Å²) in [5, 5.41) is 11.2. The maximum absolute atomic E-state index is 14.4. The largest absolute Gasteiger partial charge is 0.392 e. The molecule has 30 heteroatoms. The van der Waals surface area contributed by atoms with Gasteiger partial charge in [0.05, 0.1) is 106 Å². The van der Waals surface area contributed by atoms with Crippen LogP contribution in [0.5, 0.6) is 0 Å². The highest BCUT2D eigenvalue weighted by Crippen LogP contribution is 2.35. The second-order valence-electron chi connectivity index (χ2n) is 21.2. The highest BCUT2D eigenvalue weighted by Gasteiger charge is 2.24. The Hall–Kier alpha value is -8.77. The summed E-state index contributed by atoms with van der Waals surface area (Å²) in [5.41, 5.74) is 7.88. The highest BCUT2D eigenvalue weighted by molar-refractivity contribution is 9.10. The monoisotopic (exact) mass is 1560 g/mol. The van der Waals surface area contributed by atoms with E-state index in [-0.39, 0.29) is 45.8 Å². The zero-order valence-corrected chi connectivity index (χ0v) is 60.3. The number of hydrogen-bond donors (Lipinski definition) is 1. The van der Waals surface area contributed by atoms with Crippen molar-refractivity contribution in [2.24, 2.45) is 21.1 Å². The summed E-state index contributed by atoms with van der Waals surface area (Å²) < 4.78 is 103. The van der Waals surface area contributed by atoms with Crippen LogP contribution in [0.1, 0.15) is 113 Å². The van der Waals surface area contributed by atoms with Crippen LogP contribution in [-0.2, 0) is 42.0 Å². The first-order valence-electron chi connectivity index (χ1n) is 30.2. The molecule has 0 fully saturated rings. The minimum absolute atomic E-state index is 0.00926. The fourth-order valence-electron chi connectivity index (χ4n) is 10.1. The van der Waals surface area contributed by atoms with Crippen LogP contribution < -0.4 is 0 Å². The third-order valence-corrected chi connectivity index (χ3v) is 16.8. The van der Waals surface area contributed by atoms with Crippen molar-refractivity contribution >= 4 is 119 Å². The summed E-state index contributed by atoms with van der Waals surface area (Å²) in [6.07, 6.45) is 15.8. The predicted octanol–water partition coefficient (Wildman–Crippen LogP) is 17.7. The molecule has 0 spiro atoms. The molecule has 12 aromatic rings. The molecule has 3 atom stereocenters. The van der Waals surface area contributed by atoms with Gasteiger partial charge >= 0.3 is 0 Å². The molecule has 19 nitrogen and oxygen atoms in total. The molecule has 100 heavy (non-hydrogen) atoms. The Morgan fingerprint density at radius 2 is 0.790 bits per heavy atom. The number of pyridine rings is 6. The van der Waals surface area contributed by atoms with Crippen molar-refractivity contribution in [3.8, 4) is 34.2 Å². The van der Waals surface area contributed by atoms with E-state index < -0.39 is 41.8 Å². The van der Waals surface area contributed by atoms with E-state index in [0.29, 0.717) is 113 Å². The molecule has 12 rings (SSSR count). The van der Waals surface area contributed by atoms with Crippen molar-refractivity contribution in [2.75, 3.05) is 19.8 Å². The molecule has 0 radical (unpaired) electrons. The van der Waals surface area contributed by atoms with Crippen molar-refractivity contribution in [3.63, 3.8) is 0 Å². The maximum Gasteiger partial charge on any atom is 0.154 e. The normalized spacial score (nSPS) is 11.7. The van der Waals surface area contributed by atoms with Gasteiger partial charge in [-0.1, -0.05) is 34.8 Å². The van der Waals surface area contributed by atoms with Crippen LogP contribution in [0, 0.1) is 34.9 Å². The Bertz CT molecular complexity index is 4820. The van der Waals surface area contributed by atoms with Gasteiger partial charge in [0.2, 0.25) is 0 Å². The van der Waals surface area contributed by atoms with Crippen molar-refractivity contribution in [1.29, 1.82) is 0 Å². The minimum Gasteiger partial charge on any atom is -0.392 e. The van der Waals surface area contributed by atoms with Gasteiger partial charge in [-0.05, 0) is 128 Å². The number of carbonyl (C=O) groups is 3. The molecule has 0 bridgehead atoms. The van der Waals surface area contributed by atoms with E-state index in [9.17, 15) is 45.8 Å². The van der Waals surface area contributed by atoms with Crippen LogP contribution in [0.15, 0.2) is 138 Å². The van der Waals surface area contributed by atoms with E-state index in [1.54, 1.807) is 78.0 Å². The molecule has 0 saturated heterocycles. The van der Waals surface area contributed by atoms with Crippen LogP contribution in [0.4, 0.5) is 26.3 Å². The van der Waals surface area contributed by atoms with Crippen LogP contribution in [-0.4, -0.2) is 102 Å². The first kappa shape index (κ1) is 78.6. The molecule has 3 aromatic carbocycles. The van der Waals surface area contributed by atoms with Gasteiger partial charge in [-0.2, -0.15) is 0 Å². The van der Waals surface area contributed by atoms with Gasteiger partial charge in [0, 0.05) is 147 Å². The van der Waals surface area contributed by atoms with E-state index in [4.69, 9.17) is 49.0 Å². The van der Waals surface area contributed by atoms with E-state index in [2.05, 4.69) is 76.7 Å². The first-order valence-corrected chi connectivity index (χ1v) is 32.9. The molecular weight excluding hydrogens is 1500 g/mol. The topological polar surface area (TPSA) is 230 Å². The number of carbonyl (C=O) groups excluding carboxylic acids is 3.